The highest BCUT2D eigenvalue weighted by Crippen LogP contribution is 2.36. The van der Waals surface area contributed by atoms with Gasteiger partial charge in [0.15, 0.2) is 6.61 Å². The van der Waals surface area contributed by atoms with Crippen molar-refractivity contribution in [3.05, 3.63) is 69.1 Å². The Morgan fingerprint density at radius 3 is 2.50 bits per heavy atom. The van der Waals surface area contributed by atoms with Gasteiger partial charge in [0, 0.05) is 10.9 Å². The molecule has 0 aliphatic carbocycles. The van der Waals surface area contributed by atoms with E-state index in [1.165, 1.54) is 11.3 Å². The van der Waals surface area contributed by atoms with E-state index < -0.39 is 5.97 Å². The number of amides is 1. The minimum absolute atomic E-state index is 0.152. The molecule has 1 amide bonds. The highest BCUT2D eigenvalue weighted by atomic mass is 127. The molecule has 28 heavy (non-hydrogen) atoms. The lowest BCUT2D eigenvalue weighted by Gasteiger charge is -2.10. The fourth-order valence-electron chi connectivity index (χ4n) is 2.55. The molecule has 0 bridgehead atoms. The quantitative estimate of drug-likeness (QED) is 0.352. The van der Waals surface area contributed by atoms with Crippen molar-refractivity contribution < 1.29 is 19.1 Å². The fourth-order valence-corrected chi connectivity index (χ4v) is 4.07. The van der Waals surface area contributed by atoms with Crippen molar-refractivity contribution in [2.45, 2.75) is 6.92 Å². The van der Waals surface area contributed by atoms with E-state index in [1.807, 2.05) is 53.9 Å². The van der Waals surface area contributed by atoms with Crippen LogP contribution >= 0.6 is 33.9 Å². The maximum atomic E-state index is 12.5. The summed E-state index contributed by atoms with van der Waals surface area (Å²) in [7, 11) is 0. The summed E-state index contributed by atoms with van der Waals surface area (Å²) in [4.78, 5) is 24.9. The molecular weight excluding hydrogens is 489 g/mol. The van der Waals surface area contributed by atoms with Crippen LogP contribution in [0.2, 0.25) is 0 Å². The van der Waals surface area contributed by atoms with Crippen molar-refractivity contribution in [3.63, 3.8) is 0 Å². The third-order valence-electron chi connectivity index (χ3n) is 3.80. The number of hydrogen-bond acceptors (Lipinski definition) is 5. The molecule has 7 heteroatoms. The maximum absolute atomic E-state index is 12.5. The van der Waals surface area contributed by atoms with E-state index in [4.69, 9.17) is 9.47 Å². The second-order valence-electron chi connectivity index (χ2n) is 5.71. The Bertz CT molecular complexity index is 972. The van der Waals surface area contributed by atoms with Crippen LogP contribution in [-0.4, -0.2) is 25.1 Å². The van der Waals surface area contributed by atoms with E-state index in [2.05, 4.69) is 27.9 Å². The van der Waals surface area contributed by atoms with Crippen molar-refractivity contribution in [2.75, 3.05) is 18.5 Å². The Hall–Kier alpha value is -2.39. The second kappa shape index (κ2) is 9.70. The maximum Gasteiger partial charge on any atom is 0.341 e. The van der Waals surface area contributed by atoms with E-state index in [0.717, 1.165) is 14.7 Å². The van der Waals surface area contributed by atoms with Crippen molar-refractivity contribution in [3.8, 4) is 16.9 Å². The number of ether oxygens (including phenoxy) is 2. The molecule has 5 nitrogen and oxygen atoms in total. The molecule has 3 rings (SSSR count). The number of nitrogens with one attached hydrogen (secondary N) is 1. The lowest BCUT2D eigenvalue weighted by molar-refractivity contribution is -0.118. The van der Waals surface area contributed by atoms with Crippen molar-refractivity contribution >= 4 is 50.8 Å². The molecule has 1 heterocycles. The third kappa shape index (κ3) is 4.90. The van der Waals surface area contributed by atoms with E-state index in [1.54, 1.807) is 13.0 Å². The van der Waals surface area contributed by atoms with Crippen LogP contribution in [0.1, 0.15) is 17.3 Å². The van der Waals surface area contributed by atoms with Crippen molar-refractivity contribution in [1.29, 1.82) is 0 Å². The van der Waals surface area contributed by atoms with Gasteiger partial charge < -0.3 is 14.8 Å². The average molecular weight is 507 g/mol. The summed E-state index contributed by atoms with van der Waals surface area (Å²) in [5.41, 5.74) is 1.98. The molecule has 0 atom stereocenters. The first-order valence-corrected chi connectivity index (χ1v) is 10.6. The van der Waals surface area contributed by atoms with E-state index >= 15 is 0 Å². The number of para-hydroxylation sites is 1. The normalized spacial score (nSPS) is 10.4. The average Bonchev–Trinajstić information content (AvgIpc) is 3.12. The van der Waals surface area contributed by atoms with E-state index in [9.17, 15) is 9.59 Å². The van der Waals surface area contributed by atoms with Crippen LogP contribution in [0.3, 0.4) is 0 Å². The lowest BCUT2D eigenvalue weighted by atomic mass is 10.0. The summed E-state index contributed by atoms with van der Waals surface area (Å²) in [6, 6.07) is 17.0. The molecule has 0 fully saturated rings. The largest absolute Gasteiger partial charge is 0.483 e. The van der Waals surface area contributed by atoms with Gasteiger partial charge in [-0.15, -0.1) is 11.3 Å². The summed E-state index contributed by atoms with van der Waals surface area (Å²) in [5.74, 6) is -0.164. The molecule has 1 N–H and O–H groups in total. The molecule has 0 saturated heterocycles. The van der Waals surface area contributed by atoms with Gasteiger partial charge in [0.2, 0.25) is 0 Å². The SMILES string of the molecule is CCOC(=O)c1c(-c2ccccc2)csc1NC(=O)COc1ccccc1I. The van der Waals surface area contributed by atoms with Gasteiger partial charge in [-0.2, -0.15) is 0 Å². The fraction of sp³-hybridized carbons (Fsp3) is 0.143. The standard InChI is InChI=1S/C21H18INO4S/c1-2-26-21(25)19-15(14-8-4-3-5-9-14)13-28-20(19)23-18(24)12-27-17-11-7-6-10-16(17)22/h3-11,13H,2,12H2,1H3,(H,23,24). The van der Waals surface area contributed by atoms with Gasteiger partial charge >= 0.3 is 5.97 Å². The summed E-state index contributed by atoms with van der Waals surface area (Å²) in [6.45, 7) is 1.85. The zero-order valence-corrected chi connectivity index (χ0v) is 18.1. The molecule has 1 aromatic heterocycles. The third-order valence-corrected chi connectivity index (χ3v) is 5.59. The van der Waals surface area contributed by atoms with Crippen LogP contribution in [-0.2, 0) is 9.53 Å². The topological polar surface area (TPSA) is 64.6 Å². The zero-order chi connectivity index (χ0) is 19.9. The molecule has 0 spiro atoms. The molecular formula is C21H18INO4S. The number of esters is 1. The number of rotatable bonds is 7. The highest BCUT2D eigenvalue weighted by Gasteiger charge is 2.22. The van der Waals surface area contributed by atoms with Crippen LogP contribution in [0, 0.1) is 3.57 Å². The number of hydrogen-bond donors (Lipinski definition) is 1. The molecule has 3 aromatic rings. The van der Waals surface area contributed by atoms with Gasteiger partial charge in [-0.1, -0.05) is 42.5 Å². The van der Waals surface area contributed by atoms with E-state index in [0.29, 0.717) is 16.3 Å². The summed E-state index contributed by atoms with van der Waals surface area (Å²) >= 11 is 3.44. The number of halogens is 1. The Morgan fingerprint density at radius 2 is 1.79 bits per heavy atom. The highest BCUT2D eigenvalue weighted by molar-refractivity contribution is 14.1. The summed E-state index contributed by atoms with van der Waals surface area (Å²) < 4.78 is 11.7. The van der Waals surface area contributed by atoms with Gasteiger partial charge in [-0.25, -0.2) is 4.79 Å². The molecule has 2 aromatic carbocycles. The van der Waals surface area contributed by atoms with Gasteiger partial charge in [0.25, 0.3) is 5.91 Å². The Balaban J connectivity index is 1.79. The smallest absolute Gasteiger partial charge is 0.341 e. The van der Waals surface area contributed by atoms with Crippen LogP contribution in [0.15, 0.2) is 60.0 Å². The zero-order valence-electron chi connectivity index (χ0n) is 15.1. The Labute approximate surface area is 180 Å². The minimum atomic E-state index is -0.462. The molecule has 0 aliphatic heterocycles. The second-order valence-corrected chi connectivity index (χ2v) is 7.75. The first-order chi connectivity index (χ1) is 13.6. The number of carbonyl (C=O) groups excluding carboxylic acids is 2. The van der Waals surface area contributed by atoms with Gasteiger partial charge in [0.1, 0.15) is 16.3 Å². The number of thiophene rings is 1. The minimum Gasteiger partial charge on any atom is -0.483 e. The number of benzene rings is 2. The molecule has 144 valence electrons. The molecule has 0 radical (unpaired) electrons. The van der Waals surface area contributed by atoms with E-state index in [-0.39, 0.29) is 19.1 Å². The van der Waals surface area contributed by atoms with Gasteiger partial charge in [0.05, 0.1) is 10.2 Å². The molecule has 0 saturated carbocycles. The number of carbonyl (C=O) groups is 2. The lowest BCUT2D eigenvalue weighted by Crippen LogP contribution is -2.21. The van der Waals surface area contributed by atoms with Gasteiger partial charge in [-0.05, 0) is 47.2 Å². The summed E-state index contributed by atoms with van der Waals surface area (Å²) in [5, 5.41) is 5.08. The first-order valence-electron chi connectivity index (χ1n) is 8.61. The van der Waals surface area contributed by atoms with Crippen LogP contribution < -0.4 is 10.1 Å². The van der Waals surface area contributed by atoms with Crippen molar-refractivity contribution in [2.24, 2.45) is 0 Å². The predicted molar refractivity (Wildman–Crippen MR) is 119 cm³/mol. The van der Waals surface area contributed by atoms with Crippen molar-refractivity contribution in [1.82, 2.24) is 0 Å². The van der Waals surface area contributed by atoms with Crippen LogP contribution in [0.25, 0.3) is 11.1 Å². The Kier molecular flexibility index (Phi) is 7.05. The van der Waals surface area contributed by atoms with Crippen LogP contribution in [0.4, 0.5) is 5.00 Å². The molecule has 0 aliphatic rings. The summed E-state index contributed by atoms with van der Waals surface area (Å²) in [6.07, 6.45) is 0. The predicted octanol–water partition coefficient (Wildman–Crippen LogP) is 5.21. The molecule has 0 unspecified atom stereocenters. The van der Waals surface area contributed by atoms with Crippen LogP contribution in [0.5, 0.6) is 5.75 Å². The Morgan fingerprint density at radius 1 is 1.07 bits per heavy atom. The monoisotopic (exact) mass is 507 g/mol. The number of anilines is 1. The first kappa shape index (κ1) is 20.3. The van der Waals surface area contributed by atoms with Gasteiger partial charge in [-0.3, -0.25) is 4.79 Å².